The molecule has 4 rings (SSSR count). The van der Waals surface area contributed by atoms with E-state index >= 15 is 0 Å². The lowest BCUT2D eigenvalue weighted by molar-refractivity contribution is 0.0992. The first-order valence-corrected chi connectivity index (χ1v) is 9.80. The number of halogens is 1. The SMILES string of the molecule is Cc1cc(Cl)ccc1OCc1ccc(C(=O)Nc2cnn(Cc3ccccc3)c2)o1. The average molecular weight is 422 g/mol. The van der Waals surface area contributed by atoms with Crippen molar-refractivity contribution in [3.63, 3.8) is 0 Å². The van der Waals surface area contributed by atoms with Crippen molar-refractivity contribution in [1.82, 2.24) is 9.78 Å². The standard InChI is InChI=1S/C23H20ClN3O3/c1-16-11-18(24)7-9-21(16)29-15-20-8-10-22(30-20)23(28)26-19-12-25-27(14-19)13-17-5-3-2-4-6-17/h2-12,14H,13,15H2,1H3,(H,26,28). The highest BCUT2D eigenvalue weighted by molar-refractivity contribution is 6.30. The smallest absolute Gasteiger partial charge is 0.291 e. The number of hydrogen-bond donors (Lipinski definition) is 1. The van der Waals surface area contributed by atoms with Crippen LogP contribution in [0, 0.1) is 6.92 Å². The maximum absolute atomic E-state index is 12.5. The summed E-state index contributed by atoms with van der Waals surface area (Å²) in [5, 5.41) is 7.73. The average Bonchev–Trinajstić information content (AvgIpc) is 3.38. The molecule has 0 aliphatic heterocycles. The van der Waals surface area contributed by atoms with E-state index < -0.39 is 0 Å². The molecule has 0 unspecified atom stereocenters. The van der Waals surface area contributed by atoms with Crippen molar-refractivity contribution < 1.29 is 13.9 Å². The second-order valence-electron chi connectivity index (χ2n) is 6.83. The highest BCUT2D eigenvalue weighted by Gasteiger charge is 2.13. The fraction of sp³-hybridized carbons (Fsp3) is 0.130. The van der Waals surface area contributed by atoms with Crippen LogP contribution < -0.4 is 10.1 Å². The summed E-state index contributed by atoms with van der Waals surface area (Å²) in [6, 6.07) is 18.7. The van der Waals surface area contributed by atoms with Crippen molar-refractivity contribution in [3.8, 4) is 5.75 Å². The lowest BCUT2D eigenvalue weighted by atomic mass is 10.2. The summed E-state index contributed by atoms with van der Waals surface area (Å²) in [4.78, 5) is 12.5. The number of aromatic nitrogens is 2. The first-order valence-electron chi connectivity index (χ1n) is 9.42. The molecule has 2 aromatic heterocycles. The Balaban J connectivity index is 1.34. The van der Waals surface area contributed by atoms with Gasteiger partial charge in [-0.15, -0.1) is 0 Å². The molecule has 0 saturated carbocycles. The van der Waals surface area contributed by atoms with E-state index in [2.05, 4.69) is 10.4 Å². The molecule has 0 saturated heterocycles. The zero-order valence-electron chi connectivity index (χ0n) is 16.3. The Morgan fingerprint density at radius 2 is 2.00 bits per heavy atom. The van der Waals surface area contributed by atoms with Crippen molar-refractivity contribution in [2.24, 2.45) is 0 Å². The number of furan rings is 1. The largest absolute Gasteiger partial charge is 0.485 e. The predicted molar refractivity (Wildman–Crippen MR) is 115 cm³/mol. The molecule has 0 aliphatic rings. The second-order valence-corrected chi connectivity index (χ2v) is 7.27. The van der Waals surface area contributed by atoms with Crippen molar-refractivity contribution in [3.05, 3.63) is 101 Å². The van der Waals surface area contributed by atoms with Gasteiger partial charge in [0.25, 0.3) is 5.91 Å². The molecule has 1 N–H and O–H groups in total. The van der Waals surface area contributed by atoms with Crippen LogP contribution in [0.25, 0.3) is 0 Å². The molecular formula is C23H20ClN3O3. The van der Waals surface area contributed by atoms with Crippen molar-refractivity contribution in [2.75, 3.05) is 5.32 Å². The van der Waals surface area contributed by atoms with E-state index in [-0.39, 0.29) is 18.3 Å². The van der Waals surface area contributed by atoms with Crippen LogP contribution in [0.15, 0.2) is 77.5 Å². The molecule has 0 bridgehead atoms. The van der Waals surface area contributed by atoms with Gasteiger partial charge in [-0.3, -0.25) is 9.48 Å². The Bertz CT molecular complexity index is 1150. The maximum Gasteiger partial charge on any atom is 0.291 e. The third-order valence-corrected chi connectivity index (χ3v) is 4.71. The van der Waals surface area contributed by atoms with Crippen molar-refractivity contribution in [1.29, 1.82) is 0 Å². The number of benzene rings is 2. The molecule has 30 heavy (non-hydrogen) atoms. The van der Waals surface area contributed by atoms with E-state index in [0.29, 0.717) is 28.8 Å². The van der Waals surface area contributed by atoms with E-state index in [9.17, 15) is 4.79 Å². The van der Waals surface area contributed by atoms with Gasteiger partial charge in [0.1, 0.15) is 18.1 Å². The van der Waals surface area contributed by atoms with Crippen LogP contribution in [0.5, 0.6) is 5.75 Å². The number of carbonyl (C=O) groups is 1. The van der Waals surface area contributed by atoms with Gasteiger partial charge >= 0.3 is 0 Å². The zero-order valence-corrected chi connectivity index (χ0v) is 17.1. The monoisotopic (exact) mass is 421 g/mol. The van der Waals surface area contributed by atoms with Gasteiger partial charge in [0.05, 0.1) is 18.4 Å². The fourth-order valence-electron chi connectivity index (χ4n) is 2.98. The molecule has 152 valence electrons. The summed E-state index contributed by atoms with van der Waals surface area (Å²) in [6.07, 6.45) is 3.39. The number of nitrogens with zero attached hydrogens (tertiary/aromatic N) is 2. The Kier molecular flexibility index (Phi) is 5.86. The molecule has 1 amide bonds. The van der Waals surface area contributed by atoms with E-state index in [4.69, 9.17) is 20.8 Å². The number of aryl methyl sites for hydroxylation is 1. The summed E-state index contributed by atoms with van der Waals surface area (Å²) in [6.45, 7) is 2.76. The Morgan fingerprint density at radius 3 is 2.80 bits per heavy atom. The third-order valence-electron chi connectivity index (χ3n) is 4.47. The van der Waals surface area contributed by atoms with Crippen LogP contribution in [0.4, 0.5) is 5.69 Å². The van der Waals surface area contributed by atoms with Crippen LogP contribution in [0.2, 0.25) is 5.02 Å². The van der Waals surface area contributed by atoms with E-state index in [0.717, 1.165) is 11.1 Å². The molecule has 0 aliphatic carbocycles. The Morgan fingerprint density at radius 1 is 1.17 bits per heavy atom. The van der Waals surface area contributed by atoms with Gasteiger partial charge in [-0.1, -0.05) is 41.9 Å². The molecule has 6 nitrogen and oxygen atoms in total. The fourth-order valence-corrected chi connectivity index (χ4v) is 3.21. The molecule has 0 atom stereocenters. The second kappa shape index (κ2) is 8.88. The minimum Gasteiger partial charge on any atom is -0.485 e. The van der Waals surface area contributed by atoms with Gasteiger partial charge in [0.2, 0.25) is 0 Å². The molecule has 4 aromatic rings. The lowest BCUT2D eigenvalue weighted by Gasteiger charge is -2.07. The van der Waals surface area contributed by atoms with Crippen LogP contribution in [-0.2, 0) is 13.2 Å². The quantitative estimate of drug-likeness (QED) is 0.438. The summed E-state index contributed by atoms with van der Waals surface area (Å²) in [5.74, 6) is 1.13. The minimum atomic E-state index is -0.344. The van der Waals surface area contributed by atoms with Crippen LogP contribution in [-0.4, -0.2) is 15.7 Å². The summed E-state index contributed by atoms with van der Waals surface area (Å²) in [7, 11) is 0. The third kappa shape index (κ3) is 4.90. The molecule has 0 radical (unpaired) electrons. The normalized spacial score (nSPS) is 10.7. The molecular weight excluding hydrogens is 402 g/mol. The van der Waals surface area contributed by atoms with Gasteiger partial charge in [-0.05, 0) is 48.4 Å². The van der Waals surface area contributed by atoms with Gasteiger partial charge in [0.15, 0.2) is 5.76 Å². The Hall–Kier alpha value is -3.51. The van der Waals surface area contributed by atoms with E-state index in [1.165, 1.54) is 0 Å². The number of amides is 1. The minimum absolute atomic E-state index is 0.206. The summed E-state index contributed by atoms with van der Waals surface area (Å²) < 4.78 is 13.1. The molecule has 2 heterocycles. The van der Waals surface area contributed by atoms with Gasteiger partial charge in [0, 0.05) is 11.2 Å². The highest BCUT2D eigenvalue weighted by atomic mass is 35.5. The molecule has 2 aromatic carbocycles. The number of ether oxygens (including phenoxy) is 1. The first-order chi connectivity index (χ1) is 14.6. The number of rotatable bonds is 7. The number of hydrogen-bond acceptors (Lipinski definition) is 4. The first kappa shape index (κ1) is 19.8. The van der Waals surface area contributed by atoms with Crippen molar-refractivity contribution in [2.45, 2.75) is 20.1 Å². The van der Waals surface area contributed by atoms with Crippen LogP contribution >= 0.6 is 11.6 Å². The maximum atomic E-state index is 12.5. The highest BCUT2D eigenvalue weighted by Crippen LogP contribution is 2.23. The molecule has 0 fully saturated rings. The van der Waals surface area contributed by atoms with Crippen LogP contribution in [0.3, 0.4) is 0 Å². The number of anilines is 1. The topological polar surface area (TPSA) is 69.3 Å². The van der Waals surface area contributed by atoms with E-state index in [1.54, 1.807) is 41.3 Å². The zero-order chi connectivity index (χ0) is 20.9. The summed E-state index contributed by atoms with van der Waals surface area (Å²) in [5.41, 5.74) is 2.66. The molecule has 0 spiro atoms. The number of nitrogens with one attached hydrogen (secondary N) is 1. The van der Waals surface area contributed by atoms with Gasteiger partial charge < -0.3 is 14.5 Å². The van der Waals surface area contributed by atoms with Crippen molar-refractivity contribution >= 4 is 23.2 Å². The van der Waals surface area contributed by atoms with Gasteiger partial charge in [-0.25, -0.2) is 0 Å². The number of carbonyl (C=O) groups excluding carboxylic acids is 1. The lowest BCUT2D eigenvalue weighted by Crippen LogP contribution is -2.10. The predicted octanol–water partition coefficient (Wildman–Crippen LogP) is 5.32. The molecule has 7 heteroatoms. The van der Waals surface area contributed by atoms with Crippen LogP contribution in [0.1, 0.15) is 27.4 Å². The summed E-state index contributed by atoms with van der Waals surface area (Å²) >= 11 is 5.96. The van der Waals surface area contributed by atoms with E-state index in [1.807, 2.05) is 43.3 Å². The Labute approximate surface area is 179 Å². The van der Waals surface area contributed by atoms with Gasteiger partial charge in [-0.2, -0.15) is 5.10 Å².